The lowest BCUT2D eigenvalue weighted by atomic mass is 10.0. The number of rotatable bonds is 5. The van der Waals surface area contributed by atoms with E-state index in [0.717, 1.165) is 5.56 Å². The van der Waals surface area contributed by atoms with Crippen LogP contribution in [0.15, 0.2) is 48.9 Å². The van der Waals surface area contributed by atoms with E-state index in [0.29, 0.717) is 23.4 Å². The maximum atomic E-state index is 13.3. The highest BCUT2D eigenvalue weighted by atomic mass is 35.5. The summed E-state index contributed by atoms with van der Waals surface area (Å²) in [4.78, 5) is 21.1. The Labute approximate surface area is 176 Å². The first-order valence-electron chi connectivity index (χ1n) is 9.11. The fourth-order valence-electron chi connectivity index (χ4n) is 3.12. The smallest absolute Gasteiger partial charge is 0.257 e. The number of hydrogen-bond acceptors (Lipinski definition) is 5. The van der Waals surface area contributed by atoms with Crippen LogP contribution in [-0.4, -0.2) is 30.6 Å². The molecule has 152 valence electrons. The Hall–Kier alpha value is -3.52. The summed E-state index contributed by atoms with van der Waals surface area (Å²) in [7, 11) is 0. The second-order valence-corrected chi connectivity index (χ2v) is 7.16. The summed E-state index contributed by atoms with van der Waals surface area (Å²) >= 11 is 6.11. The molecular formula is C21H17ClFN5O2. The predicted molar refractivity (Wildman–Crippen MR) is 109 cm³/mol. The highest BCUT2D eigenvalue weighted by Gasteiger charge is 2.20. The quantitative estimate of drug-likeness (QED) is 0.511. The molecule has 0 fully saturated rings. The van der Waals surface area contributed by atoms with E-state index in [1.54, 1.807) is 31.5 Å². The van der Waals surface area contributed by atoms with Gasteiger partial charge in [-0.05, 0) is 36.2 Å². The van der Waals surface area contributed by atoms with Gasteiger partial charge in [-0.15, -0.1) is 0 Å². The van der Waals surface area contributed by atoms with Crippen molar-refractivity contribution in [1.29, 1.82) is 0 Å². The summed E-state index contributed by atoms with van der Waals surface area (Å²) in [6.07, 6.45) is 4.91. The van der Waals surface area contributed by atoms with Crippen LogP contribution in [0.2, 0.25) is 5.02 Å². The van der Waals surface area contributed by atoms with Crippen molar-refractivity contribution in [3.8, 4) is 5.88 Å². The van der Waals surface area contributed by atoms with Crippen molar-refractivity contribution in [2.45, 2.75) is 19.9 Å². The van der Waals surface area contributed by atoms with Crippen LogP contribution in [0.5, 0.6) is 5.88 Å². The molecule has 0 aliphatic heterocycles. The number of amides is 1. The molecule has 4 rings (SSSR count). The van der Waals surface area contributed by atoms with Gasteiger partial charge < -0.3 is 10.4 Å². The van der Waals surface area contributed by atoms with Gasteiger partial charge in [0.15, 0.2) is 5.65 Å². The molecule has 1 aromatic carbocycles. The summed E-state index contributed by atoms with van der Waals surface area (Å²) in [5, 5.41) is 17.9. The van der Waals surface area contributed by atoms with E-state index in [2.05, 4.69) is 20.4 Å². The minimum Gasteiger partial charge on any atom is -0.493 e. The zero-order chi connectivity index (χ0) is 21.3. The highest BCUT2D eigenvalue weighted by Crippen LogP contribution is 2.28. The molecule has 7 nitrogen and oxygen atoms in total. The van der Waals surface area contributed by atoms with E-state index in [4.69, 9.17) is 11.6 Å². The molecule has 2 N–H and O–H groups in total. The third-order valence-electron chi connectivity index (χ3n) is 4.73. The van der Waals surface area contributed by atoms with Crippen molar-refractivity contribution >= 4 is 23.2 Å². The number of benzene rings is 1. The van der Waals surface area contributed by atoms with Crippen LogP contribution in [0, 0.1) is 12.7 Å². The number of carbonyl (C=O) groups excluding carboxylic acids is 1. The molecule has 1 amide bonds. The van der Waals surface area contributed by atoms with Crippen molar-refractivity contribution in [3.63, 3.8) is 0 Å². The Balaban J connectivity index is 1.63. The standard InChI is InChI=1S/C21H17ClFN5O2/c1-12-16(7-14-4-5-15(23)8-18(14)22)21(30)28-19(27-12)17(11-26-28)20(29)25-10-13-3-2-6-24-9-13/h2-6,8-9,11,30H,7,10H2,1H3,(H,25,29). The third-order valence-corrected chi connectivity index (χ3v) is 5.08. The number of nitrogens with one attached hydrogen (secondary N) is 1. The van der Waals surface area contributed by atoms with E-state index >= 15 is 0 Å². The molecule has 0 saturated heterocycles. The Kier molecular flexibility index (Phi) is 5.33. The summed E-state index contributed by atoms with van der Waals surface area (Å²) in [6.45, 7) is 2.02. The second-order valence-electron chi connectivity index (χ2n) is 6.75. The molecule has 0 bridgehead atoms. The van der Waals surface area contributed by atoms with Gasteiger partial charge in [-0.25, -0.2) is 9.37 Å². The summed E-state index contributed by atoms with van der Waals surface area (Å²) in [6, 6.07) is 7.71. The van der Waals surface area contributed by atoms with Crippen LogP contribution in [0.1, 0.15) is 32.7 Å². The molecule has 9 heteroatoms. The fraction of sp³-hybridized carbons (Fsp3) is 0.143. The van der Waals surface area contributed by atoms with Crippen molar-refractivity contribution in [2.24, 2.45) is 0 Å². The van der Waals surface area contributed by atoms with E-state index in [1.807, 2.05) is 6.07 Å². The van der Waals surface area contributed by atoms with E-state index in [1.165, 1.54) is 22.8 Å². The lowest BCUT2D eigenvalue weighted by molar-refractivity contribution is 0.0952. The molecule has 0 unspecified atom stereocenters. The number of aromatic nitrogens is 4. The molecule has 0 aliphatic rings. The average molecular weight is 426 g/mol. The summed E-state index contributed by atoms with van der Waals surface area (Å²) < 4.78 is 14.5. The van der Waals surface area contributed by atoms with Gasteiger partial charge in [0.25, 0.3) is 5.91 Å². The van der Waals surface area contributed by atoms with Gasteiger partial charge in [0.05, 0.1) is 6.20 Å². The van der Waals surface area contributed by atoms with Gasteiger partial charge in [-0.1, -0.05) is 23.7 Å². The van der Waals surface area contributed by atoms with Crippen molar-refractivity contribution in [2.75, 3.05) is 0 Å². The van der Waals surface area contributed by atoms with Gasteiger partial charge >= 0.3 is 0 Å². The summed E-state index contributed by atoms with van der Waals surface area (Å²) in [5.74, 6) is -0.953. The second kappa shape index (κ2) is 8.08. The Morgan fingerprint density at radius 1 is 1.30 bits per heavy atom. The maximum Gasteiger partial charge on any atom is 0.257 e. The van der Waals surface area contributed by atoms with Crippen LogP contribution in [-0.2, 0) is 13.0 Å². The Morgan fingerprint density at radius 2 is 2.13 bits per heavy atom. The van der Waals surface area contributed by atoms with Crippen LogP contribution >= 0.6 is 11.6 Å². The normalized spacial score (nSPS) is 11.0. The van der Waals surface area contributed by atoms with Crippen molar-refractivity contribution < 1.29 is 14.3 Å². The number of fused-ring (bicyclic) bond motifs is 1. The molecule has 0 spiro atoms. The lowest BCUT2D eigenvalue weighted by Gasteiger charge is -2.11. The number of hydrogen-bond donors (Lipinski definition) is 2. The van der Waals surface area contributed by atoms with Crippen molar-refractivity contribution in [3.05, 3.63) is 87.7 Å². The van der Waals surface area contributed by atoms with E-state index in [9.17, 15) is 14.3 Å². The van der Waals surface area contributed by atoms with Crippen LogP contribution in [0.3, 0.4) is 0 Å². The van der Waals surface area contributed by atoms with Crippen LogP contribution in [0.25, 0.3) is 5.65 Å². The molecular weight excluding hydrogens is 409 g/mol. The monoisotopic (exact) mass is 425 g/mol. The molecule has 0 aliphatic carbocycles. The number of aryl methyl sites for hydroxylation is 1. The molecule has 0 atom stereocenters. The third kappa shape index (κ3) is 3.81. The number of carbonyl (C=O) groups is 1. The first kappa shape index (κ1) is 19.8. The van der Waals surface area contributed by atoms with Crippen LogP contribution < -0.4 is 5.32 Å². The fourth-order valence-corrected chi connectivity index (χ4v) is 3.36. The number of pyridine rings is 1. The zero-order valence-electron chi connectivity index (χ0n) is 15.9. The van der Waals surface area contributed by atoms with E-state index in [-0.39, 0.29) is 34.4 Å². The van der Waals surface area contributed by atoms with Gasteiger partial charge in [0, 0.05) is 41.6 Å². The molecule has 3 aromatic heterocycles. The lowest BCUT2D eigenvalue weighted by Crippen LogP contribution is -2.23. The first-order chi connectivity index (χ1) is 14.4. The van der Waals surface area contributed by atoms with Gasteiger partial charge in [-0.3, -0.25) is 9.78 Å². The van der Waals surface area contributed by atoms with E-state index < -0.39 is 5.82 Å². The molecule has 0 saturated carbocycles. The van der Waals surface area contributed by atoms with Gasteiger partial charge in [-0.2, -0.15) is 9.61 Å². The Bertz CT molecular complexity index is 1240. The minimum atomic E-state index is -0.438. The highest BCUT2D eigenvalue weighted by molar-refractivity contribution is 6.31. The van der Waals surface area contributed by atoms with Gasteiger partial charge in [0.2, 0.25) is 5.88 Å². The number of nitrogens with zero attached hydrogens (tertiary/aromatic N) is 4. The number of aromatic hydroxyl groups is 1. The topological polar surface area (TPSA) is 92.4 Å². The summed E-state index contributed by atoms with van der Waals surface area (Å²) in [5.41, 5.74) is 2.97. The maximum absolute atomic E-state index is 13.3. The molecule has 0 radical (unpaired) electrons. The number of halogens is 2. The van der Waals surface area contributed by atoms with Crippen molar-refractivity contribution in [1.82, 2.24) is 24.9 Å². The Morgan fingerprint density at radius 3 is 2.87 bits per heavy atom. The largest absolute Gasteiger partial charge is 0.493 e. The minimum absolute atomic E-state index is 0.149. The molecule has 3 heterocycles. The van der Waals surface area contributed by atoms with Gasteiger partial charge in [0.1, 0.15) is 11.4 Å². The first-order valence-corrected chi connectivity index (χ1v) is 9.49. The molecule has 30 heavy (non-hydrogen) atoms. The average Bonchev–Trinajstić information content (AvgIpc) is 3.15. The van der Waals surface area contributed by atoms with Crippen LogP contribution in [0.4, 0.5) is 4.39 Å². The predicted octanol–water partition coefficient (Wildman–Crippen LogP) is 3.45. The zero-order valence-corrected chi connectivity index (χ0v) is 16.7. The molecule has 4 aromatic rings. The SMILES string of the molecule is Cc1nc2c(C(=O)NCc3cccnc3)cnn2c(O)c1Cc1ccc(F)cc1Cl.